The zero-order valence-electron chi connectivity index (χ0n) is 14.5. The summed E-state index contributed by atoms with van der Waals surface area (Å²) in [6, 6.07) is 12.0. The quantitative estimate of drug-likeness (QED) is 0.799. The van der Waals surface area contributed by atoms with Gasteiger partial charge in [0.1, 0.15) is 18.5 Å². The number of β-amino-alcohol motifs (C(OH)–C–C–N with tert-alkyl or cyclic N) is 1. The summed E-state index contributed by atoms with van der Waals surface area (Å²) in [6.45, 7) is 7.96. The smallest absolute Gasteiger partial charge is 0.119 e. The van der Waals surface area contributed by atoms with Crippen LogP contribution in [0.5, 0.6) is 5.75 Å². The molecule has 0 radical (unpaired) electrons. The van der Waals surface area contributed by atoms with E-state index < -0.39 is 6.10 Å². The van der Waals surface area contributed by atoms with Crippen LogP contribution in [0.2, 0.25) is 4.34 Å². The monoisotopic (exact) mass is 380 g/mol. The highest BCUT2D eigenvalue weighted by atomic mass is 35.5. The first-order chi connectivity index (χ1) is 12.1. The fraction of sp³-hybridized carbons (Fsp3) is 0.474. The summed E-state index contributed by atoms with van der Waals surface area (Å²) in [5, 5.41) is 10.2. The summed E-state index contributed by atoms with van der Waals surface area (Å²) in [6.07, 6.45) is -0.469. The third-order valence-corrected chi connectivity index (χ3v) is 5.59. The van der Waals surface area contributed by atoms with E-state index in [1.807, 2.05) is 37.3 Å². The van der Waals surface area contributed by atoms with E-state index in [9.17, 15) is 5.11 Å². The molecule has 1 aliphatic heterocycles. The van der Waals surface area contributed by atoms with Crippen molar-refractivity contribution in [3.05, 3.63) is 51.2 Å². The molecule has 0 spiro atoms. The van der Waals surface area contributed by atoms with Gasteiger partial charge in [-0.25, -0.2) is 0 Å². The maximum Gasteiger partial charge on any atom is 0.119 e. The molecule has 25 heavy (non-hydrogen) atoms. The average Bonchev–Trinajstić information content (AvgIpc) is 3.00. The van der Waals surface area contributed by atoms with Crippen molar-refractivity contribution in [3.63, 3.8) is 0 Å². The summed E-state index contributed by atoms with van der Waals surface area (Å²) in [7, 11) is 0. The first-order valence-corrected chi connectivity index (χ1v) is 9.84. The van der Waals surface area contributed by atoms with E-state index in [0.29, 0.717) is 13.2 Å². The zero-order valence-corrected chi connectivity index (χ0v) is 16.1. The molecule has 4 nitrogen and oxygen atoms in total. The van der Waals surface area contributed by atoms with E-state index in [2.05, 4.69) is 15.9 Å². The zero-order chi connectivity index (χ0) is 17.6. The number of hydrogen-bond donors (Lipinski definition) is 1. The number of benzene rings is 1. The topological polar surface area (TPSA) is 35.9 Å². The van der Waals surface area contributed by atoms with Gasteiger partial charge in [-0.15, -0.1) is 11.3 Å². The summed E-state index contributed by atoms with van der Waals surface area (Å²) in [5.74, 6) is 0.818. The van der Waals surface area contributed by atoms with Crippen LogP contribution in [0, 0.1) is 6.92 Å². The van der Waals surface area contributed by atoms with Gasteiger partial charge in [-0.2, -0.15) is 0 Å². The predicted octanol–water partition coefficient (Wildman–Crippen LogP) is 3.27. The van der Waals surface area contributed by atoms with E-state index in [1.165, 1.54) is 4.88 Å². The standard InChI is InChI=1S/C19H25ClN2O2S/c1-15-3-2-4-17(11-15)24-14-16(23)12-21-7-9-22(10-8-21)13-18-5-6-19(20)25-18/h2-6,11,16,23H,7-10,12-14H2,1H3. The number of thiophene rings is 1. The fourth-order valence-electron chi connectivity index (χ4n) is 3.04. The Kier molecular flexibility index (Phi) is 6.73. The van der Waals surface area contributed by atoms with Crippen LogP contribution in [0.15, 0.2) is 36.4 Å². The number of nitrogens with zero attached hydrogens (tertiary/aromatic N) is 2. The maximum atomic E-state index is 10.2. The van der Waals surface area contributed by atoms with Crippen LogP contribution in [-0.2, 0) is 6.54 Å². The Balaban J connectivity index is 1.36. The molecule has 1 fully saturated rings. The van der Waals surface area contributed by atoms with Gasteiger partial charge in [0.2, 0.25) is 0 Å². The van der Waals surface area contributed by atoms with Crippen molar-refractivity contribution in [2.45, 2.75) is 19.6 Å². The number of rotatable bonds is 7. The average molecular weight is 381 g/mol. The molecule has 2 aromatic rings. The lowest BCUT2D eigenvalue weighted by atomic mass is 10.2. The maximum absolute atomic E-state index is 10.2. The lowest BCUT2D eigenvalue weighted by Crippen LogP contribution is -2.48. The summed E-state index contributed by atoms with van der Waals surface area (Å²) >= 11 is 7.65. The predicted molar refractivity (Wildman–Crippen MR) is 104 cm³/mol. The first kappa shape index (κ1) is 18.7. The van der Waals surface area contributed by atoms with E-state index in [0.717, 1.165) is 48.4 Å². The Morgan fingerprint density at radius 1 is 1.16 bits per heavy atom. The van der Waals surface area contributed by atoms with Crippen molar-refractivity contribution in [3.8, 4) is 5.75 Å². The number of ether oxygens (including phenoxy) is 1. The van der Waals surface area contributed by atoms with Crippen molar-refractivity contribution in [2.75, 3.05) is 39.3 Å². The van der Waals surface area contributed by atoms with Crippen LogP contribution >= 0.6 is 22.9 Å². The van der Waals surface area contributed by atoms with Crippen molar-refractivity contribution < 1.29 is 9.84 Å². The molecule has 1 N–H and O–H groups in total. The van der Waals surface area contributed by atoms with Gasteiger partial charge in [0.05, 0.1) is 4.34 Å². The molecule has 6 heteroatoms. The molecule has 1 aromatic heterocycles. The molecule has 3 rings (SSSR count). The highest BCUT2D eigenvalue weighted by Crippen LogP contribution is 2.23. The third kappa shape index (κ3) is 5.97. The number of hydrogen-bond acceptors (Lipinski definition) is 5. The number of piperazine rings is 1. The lowest BCUT2D eigenvalue weighted by Gasteiger charge is -2.35. The number of aryl methyl sites for hydroxylation is 1. The van der Waals surface area contributed by atoms with Crippen molar-refractivity contribution in [2.24, 2.45) is 0 Å². The molecule has 0 amide bonds. The molecule has 0 aliphatic carbocycles. The SMILES string of the molecule is Cc1cccc(OCC(O)CN2CCN(Cc3ccc(Cl)s3)CC2)c1. The summed E-state index contributed by atoms with van der Waals surface area (Å²) in [5.41, 5.74) is 1.16. The van der Waals surface area contributed by atoms with Gasteiger partial charge in [-0.1, -0.05) is 23.7 Å². The largest absolute Gasteiger partial charge is 0.491 e. The Bertz CT molecular complexity index is 671. The minimum Gasteiger partial charge on any atom is -0.491 e. The molecular weight excluding hydrogens is 356 g/mol. The van der Waals surface area contributed by atoms with Gasteiger partial charge in [-0.3, -0.25) is 9.80 Å². The minimum absolute atomic E-state index is 0.331. The van der Waals surface area contributed by atoms with Crippen LogP contribution in [0.3, 0.4) is 0 Å². The Labute approximate surface area is 158 Å². The Morgan fingerprint density at radius 3 is 2.60 bits per heavy atom. The van der Waals surface area contributed by atoms with Crippen molar-refractivity contribution >= 4 is 22.9 Å². The first-order valence-electron chi connectivity index (χ1n) is 8.65. The van der Waals surface area contributed by atoms with Gasteiger partial charge in [0.25, 0.3) is 0 Å². The Morgan fingerprint density at radius 2 is 1.92 bits per heavy atom. The highest BCUT2D eigenvalue weighted by molar-refractivity contribution is 7.16. The van der Waals surface area contributed by atoms with Crippen LogP contribution in [0.1, 0.15) is 10.4 Å². The summed E-state index contributed by atoms with van der Waals surface area (Å²) in [4.78, 5) is 6.06. The second kappa shape index (κ2) is 9.01. The molecule has 0 bridgehead atoms. The third-order valence-electron chi connectivity index (χ3n) is 4.37. The van der Waals surface area contributed by atoms with E-state index >= 15 is 0 Å². The highest BCUT2D eigenvalue weighted by Gasteiger charge is 2.20. The normalized spacial score (nSPS) is 17.6. The van der Waals surface area contributed by atoms with E-state index in [4.69, 9.17) is 16.3 Å². The van der Waals surface area contributed by atoms with Gasteiger partial charge >= 0.3 is 0 Å². The number of aliphatic hydroxyl groups is 1. The molecule has 1 saturated heterocycles. The van der Waals surface area contributed by atoms with Crippen LogP contribution in [0.25, 0.3) is 0 Å². The second-order valence-electron chi connectivity index (χ2n) is 6.56. The lowest BCUT2D eigenvalue weighted by molar-refractivity contribution is 0.0448. The van der Waals surface area contributed by atoms with Gasteiger partial charge < -0.3 is 9.84 Å². The van der Waals surface area contributed by atoms with E-state index in [1.54, 1.807) is 11.3 Å². The van der Waals surface area contributed by atoms with Crippen molar-refractivity contribution in [1.82, 2.24) is 9.80 Å². The van der Waals surface area contributed by atoms with Crippen LogP contribution in [-0.4, -0.2) is 60.3 Å². The molecule has 136 valence electrons. The number of aliphatic hydroxyl groups excluding tert-OH is 1. The van der Waals surface area contributed by atoms with E-state index in [-0.39, 0.29) is 0 Å². The van der Waals surface area contributed by atoms with Crippen molar-refractivity contribution in [1.29, 1.82) is 0 Å². The van der Waals surface area contributed by atoms with Crippen LogP contribution in [0.4, 0.5) is 0 Å². The minimum atomic E-state index is -0.469. The molecule has 1 atom stereocenters. The van der Waals surface area contributed by atoms with Gasteiger partial charge in [0, 0.05) is 44.1 Å². The summed E-state index contributed by atoms with van der Waals surface area (Å²) < 4.78 is 6.55. The molecular formula is C19H25ClN2O2S. The fourth-order valence-corrected chi connectivity index (χ4v) is 4.17. The Hall–Kier alpha value is -1.11. The second-order valence-corrected chi connectivity index (χ2v) is 8.36. The molecule has 1 unspecified atom stereocenters. The van der Waals surface area contributed by atoms with Gasteiger partial charge in [0.15, 0.2) is 0 Å². The van der Waals surface area contributed by atoms with Gasteiger partial charge in [-0.05, 0) is 36.8 Å². The van der Waals surface area contributed by atoms with Crippen LogP contribution < -0.4 is 4.74 Å². The molecule has 2 heterocycles. The molecule has 1 aliphatic rings. The number of halogens is 1. The molecule has 0 saturated carbocycles. The molecule has 1 aromatic carbocycles.